The minimum absolute atomic E-state index is 0.0161. The van der Waals surface area contributed by atoms with E-state index in [9.17, 15) is 18.0 Å². The first-order valence-electron chi connectivity index (χ1n) is 13.0. The number of aromatic amines is 1. The third-order valence-electron chi connectivity index (χ3n) is 8.15. The van der Waals surface area contributed by atoms with Crippen LogP contribution in [0.4, 0.5) is 23.7 Å². The second-order valence-electron chi connectivity index (χ2n) is 10.7. The fraction of sp³-hybridized carbons (Fsp3) is 0.600. The van der Waals surface area contributed by atoms with Crippen molar-refractivity contribution in [2.45, 2.75) is 69.1 Å². The van der Waals surface area contributed by atoms with E-state index in [1.165, 1.54) is 6.20 Å². The molecule has 3 aliphatic rings. The Bertz CT molecular complexity index is 1300. The first-order valence-corrected chi connectivity index (χ1v) is 13.0. The van der Waals surface area contributed by atoms with Gasteiger partial charge in [0.15, 0.2) is 0 Å². The van der Waals surface area contributed by atoms with Crippen molar-refractivity contribution >= 4 is 22.6 Å². The van der Waals surface area contributed by atoms with E-state index in [2.05, 4.69) is 30.5 Å². The van der Waals surface area contributed by atoms with Crippen LogP contribution in [0.3, 0.4) is 0 Å². The zero-order valence-electron chi connectivity index (χ0n) is 20.8. The minimum Gasteiger partial charge on any atom is -0.319 e. The van der Waals surface area contributed by atoms with Gasteiger partial charge in [0.1, 0.15) is 12.2 Å². The first kappa shape index (κ1) is 24.2. The second-order valence-corrected chi connectivity index (χ2v) is 10.7. The second kappa shape index (κ2) is 9.00. The number of urea groups is 1. The van der Waals surface area contributed by atoms with E-state index >= 15 is 0 Å². The summed E-state index contributed by atoms with van der Waals surface area (Å²) in [5, 5.41) is 15.0. The Labute approximate surface area is 212 Å². The number of hydrogen-bond acceptors (Lipinski definition) is 5. The van der Waals surface area contributed by atoms with Crippen LogP contribution in [0, 0.1) is 0 Å². The Morgan fingerprint density at radius 2 is 1.95 bits per heavy atom. The number of alkyl halides is 3. The molecule has 2 N–H and O–H groups in total. The molecular formula is C25H31F3N8O. The van der Waals surface area contributed by atoms with E-state index < -0.39 is 12.7 Å². The number of rotatable bonds is 4. The molecule has 0 aromatic carbocycles. The molecule has 6 rings (SSSR count). The number of anilines is 1. The van der Waals surface area contributed by atoms with Gasteiger partial charge in [0.2, 0.25) is 0 Å². The van der Waals surface area contributed by atoms with E-state index in [-0.39, 0.29) is 17.5 Å². The lowest BCUT2D eigenvalue weighted by atomic mass is 9.92. The third-order valence-corrected chi connectivity index (χ3v) is 8.15. The van der Waals surface area contributed by atoms with Crippen molar-refractivity contribution in [1.29, 1.82) is 0 Å². The van der Waals surface area contributed by atoms with Crippen LogP contribution in [0.2, 0.25) is 0 Å². The number of likely N-dealkylation sites (tertiary alicyclic amines) is 2. The van der Waals surface area contributed by atoms with Gasteiger partial charge in [-0.05, 0) is 71.1 Å². The molecule has 198 valence electrons. The largest absolute Gasteiger partial charge is 0.408 e. The van der Waals surface area contributed by atoms with Crippen LogP contribution >= 0.6 is 0 Å². The molecule has 2 aliphatic heterocycles. The van der Waals surface area contributed by atoms with E-state index in [0.29, 0.717) is 33.7 Å². The standard InChI is InChI=1S/C25H31F3N8O/c1-34-10-4-16(5-11-34)21-17-13-29-18(12-20(17)36(33-21)15-25(26,27)28)22-19(14-30-32-22)31-23(37)35-9-3-2-6-24(35)7-8-24/h12-14,16H,2-11,15H2,1H3,(H,30,32)(H,31,37). The summed E-state index contributed by atoms with van der Waals surface area (Å²) >= 11 is 0. The van der Waals surface area contributed by atoms with Crippen molar-refractivity contribution in [2.75, 3.05) is 32.0 Å². The first-order chi connectivity index (χ1) is 17.7. The van der Waals surface area contributed by atoms with Crippen molar-refractivity contribution in [1.82, 2.24) is 34.8 Å². The van der Waals surface area contributed by atoms with Gasteiger partial charge in [-0.3, -0.25) is 14.8 Å². The SMILES string of the molecule is CN1CCC(c2nn(CC(F)(F)F)c3cc(-c4[nH]ncc4NC(=O)N4CCCCC45CC5)ncc23)CC1. The molecule has 0 bridgehead atoms. The lowest BCUT2D eigenvalue weighted by Crippen LogP contribution is -2.47. The molecule has 1 aliphatic carbocycles. The Kier molecular flexibility index (Phi) is 5.89. The van der Waals surface area contributed by atoms with E-state index in [1.54, 1.807) is 12.3 Å². The lowest BCUT2D eigenvalue weighted by molar-refractivity contribution is -0.141. The zero-order chi connectivity index (χ0) is 25.8. The molecule has 3 aromatic rings. The molecule has 3 fully saturated rings. The summed E-state index contributed by atoms with van der Waals surface area (Å²) in [7, 11) is 2.04. The molecule has 2 amide bonds. The topological polar surface area (TPSA) is 95.0 Å². The molecule has 1 spiro atoms. The predicted octanol–water partition coefficient (Wildman–Crippen LogP) is 4.74. The summed E-state index contributed by atoms with van der Waals surface area (Å²) in [4.78, 5) is 21.8. The number of aromatic nitrogens is 5. The molecule has 0 unspecified atom stereocenters. The highest BCUT2D eigenvalue weighted by molar-refractivity contribution is 5.94. The van der Waals surface area contributed by atoms with Crippen LogP contribution in [-0.2, 0) is 6.54 Å². The van der Waals surface area contributed by atoms with Gasteiger partial charge in [-0.15, -0.1) is 0 Å². The predicted molar refractivity (Wildman–Crippen MR) is 132 cm³/mol. The van der Waals surface area contributed by atoms with Gasteiger partial charge in [0.05, 0.1) is 28.8 Å². The number of fused-ring (bicyclic) bond motifs is 1. The van der Waals surface area contributed by atoms with Gasteiger partial charge < -0.3 is 15.1 Å². The third kappa shape index (κ3) is 4.67. The summed E-state index contributed by atoms with van der Waals surface area (Å²) < 4.78 is 41.4. The highest BCUT2D eigenvalue weighted by atomic mass is 19.4. The van der Waals surface area contributed by atoms with Gasteiger partial charge in [-0.25, -0.2) is 4.79 Å². The fourth-order valence-corrected chi connectivity index (χ4v) is 5.94. The van der Waals surface area contributed by atoms with Crippen molar-refractivity contribution in [3.63, 3.8) is 0 Å². The highest BCUT2D eigenvalue weighted by Gasteiger charge is 2.51. The number of hydrogen-bond donors (Lipinski definition) is 2. The highest BCUT2D eigenvalue weighted by Crippen LogP contribution is 2.48. The molecule has 12 heteroatoms. The lowest BCUT2D eigenvalue weighted by Gasteiger charge is -2.36. The van der Waals surface area contributed by atoms with Gasteiger partial charge in [0.25, 0.3) is 0 Å². The van der Waals surface area contributed by atoms with Crippen molar-refractivity contribution in [3.05, 3.63) is 24.2 Å². The fourth-order valence-electron chi connectivity index (χ4n) is 5.94. The normalized spacial score (nSPS) is 20.6. The van der Waals surface area contributed by atoms with E-state index in [1.807, 2.05) is 11.9 Å². The number of amides is 2. The number of nitrogens with one attached hydrogen (secondary N) is 2. The van der Waals surface area contributed by atoms with Gasteiger partial charge in [-0.2, -0.15) is 23.4 Å². The number of carbonyl (C=O) groups excluding carboxylic acids is 1. The summed E-state index contributed by atoms with van der Waals surface area (Å²) in [6.07, 6.45) is 5.58. The number of carbonyl (C=O) groups is 1. The van der Waals surface area contributed by atoms with Crippen molar-refractivity contribution in [3.8, 4) is 11.4 Å². The van der Waals surface area contributed by atoms with Crippen LogP contribution in [0.15, 0.2) is 18.5 Å². The van der Waals surface area contributed by atoms with Crippen molar-refractivity contribution in [2.24, 2.45) is 0 Å². The molecule has 0 radical (unpaired) electrons. The number of H-pyrrole nitrogens is 1. The molecule has 2 saturated heterocycles. The molecule has 0 atom stereocenters. The summed E-state index contributed by atoms with van der Waals surface area (Å²) in [6, 6.07) is 1.44. The molecule has 1 saturated carbocycles. The monoisotopic (exact) mass is 516 g/mol. The van der Waals surface area contributed by atoms with Crippen LogP contribution in [0.25, 0.3) is 22.3 Å². The Balaban J connectivity index is 1.32. The van der Waals surface area contributed by atoms with E-state index in [0.717, 1.165) is 69.3 Å². The van der Waals surface area contributed by atoms with Crippen LogP contribution in [0.1, 0.15) is 56.6 Å². The maximum absolute atomic E-state index is 13.4. The maximum Gasteiger partial charge on any atom is 0.408 e. The van der Waals surface area contributed by atoms with Crippen molar-refractivity contribution < 1.29 is 18.0 Å². The number of nitrogens with zero attached hydrogens (tertiary/aromatic N) is 6. The Hall–Kier alpha value is -3.15. The molecule has 37 heavy (non-hydrogen) atoms. The van der Waals surface area contributed by atoms with Crippen LogP contribution in [0.5, 0.6) is 0 Å². The average molecular weight is 517 g/mol. The summed E-state index contributed by atoms with van der Waals surface area (Å²) in [5.41, 5.74) is 2.34. The quantitative estimate of drug-likeness (QED) is 0.522. The van der Waals surface area contributed by atoms with Gasteiger partial charge in [-0.1, -0.05) is 0 Å². The van der Waals surface area contributed by atoms with Gasteiger partial charge in [0, 0.05) is 29.6 Å². The number of pyridine rings is 1. The maximum atomic E-state index is 13.4. The van der Waals surface area contributed by atoms with Crippen LogP contribution in [-0.4, -0.2) is 79.2 Å². The molecule has 3 aromatic heterocycles. The number of halogens is 3. The minimum atomic E-state index is -4.41. The zero-order valence-corrected chi connectivity index (χ0v) is 20.8. The molecular weight excluding hydrogens is 485 g/mol. The summed E-state index contributed by atoms with van der Waals surface area (Å²) in [6.45, 7) is 1.29. The smallest absolute Gasteiger partial charge is 0.319 e. The van der Waals surface area contributed by atoms with Crippen LogP contribution < -0.4 is 5.32 Å². The number of piperidine rings is 2. The van der Waals surface area contributed by atoms with E-state index in [4.69, 9.17) is 0 Å². The summed E-state index contributed by atoms with van der Waals surface area (Å²) in [5.74, 6) is 0.0853. The van der Waals surface area contributed by atoms with Gasteiger partial charge >= 0.3 is 12.2 Å². The average Bonchev–Trinajstić information content (AvgIpc) is 3.31. The molecule has 5 heterocycles. The Morgan fingerprint density at radius 3 is 2.68 bits per heavy atom. The Morgan fingerprint density at radius 1 is 1.16 bits per heavy atom. The molecule has 9 nitrogen and oxygen atoms in total.